The van der Waals surface area contributed by atoms with E-state index in [1.54, 1.807) is 0 Å². The van der Waals surface area contributed by atoms with E-state index in [0.717, 1.165) is 24.3 Å². The van der Waals surface area contributed by atoms with E-state index in [1.165, 1.54) is 19.3 Å². The second kappa shape index (κ2) is 6.90. The van der Waals surface area contributed by atoms with Gasteiger partial charge in [0.05, 0.1) is 6.54 Å². The minimum absolute atomic E-state index is 0.0191. The molecule has 3 rings (SSSR count). The van der Waals surface area contributed by atoms with Gasteiger partial charge >= 0.3 is 6.03 Å². The molecule has 2 aliphatic rings. The van der Waals surface area contributed by atoms with E-state index < -0.39 is 0 Å². The third kappa shape index (κ3) is 3.46. The summed E-state index contributed by atoms with van der Waals surface area (Å²) in [5, 5.41) is 2.96. The average molecular weight is 304 g/mol. The molecule has 120 valence electrons. The van der Waals surface area contributed by atoms with E-state index in [-0.39, 0.29) is 12.1 Å². The van der Waals surface area contributed by atoms with Crippen LogP contribution in [-0.2, 0) is 0 Å². The van der Waals surface area contributed by atoms with Crippen LogP contribution >= 0.6 is 0 Å². The lowest BCUT2D eigenvalue weighted by Crippen LogP contribution is -2.48. The first-order valence-electron chi connectivity index (χ1n) is 8.13. The van der Waals surface area contributed by atoms with Crippen LogP contribution in [0.25, 0.3) is 0 Å². The van der Waals surface area contributed by atoms with Crippen LogP contribution in [0.4, 0.5) is 4.79 Å². The van der Waals surface area contributed by atoms with Crippen molar-refractivity contribution in [3.05, 3.63) is 24.3 Å². The van der Waals surface area contributed by atoms with Gasteiger partial charge in [-0.25, -0.2) is 4.79 Å². The van der Waals surface area contributed by atoms with Crippen molar-refractivity contribution >= 4 is 6.03 Å². The molecule has 0 saturated heterocycles. The molecule has 1 atom stereocenters. The van der Waals surface area contributed by atoms with Crippen molar-refractivity contribution in [2.45, 2.75) is 44.2 Å². The summed E-state index contributed by atoms with van der Waals surface area (Å²) in [4.78, 5) is 14.1. The van der Waals surface area contributed by atoms with Gasteiger partial charge in [-0.05, 0) is 25.0 Å². The van der Waals surface area contributed by atoms with E-state index in [9.17, 15) is 4.79 Å². The molecule has 1 fully saturated rings. The molecular formula is C17H24N2O3. The van der Waals surface area contributed by atoms with Gasteiger partial charge in [-0.1, -0.05) is 31.4 Å². The molecule has 22 heavy (non-hydrogen) atoms. The summed E-state index contributed by atoms with van der Waals surface area (Å²) in [6.07, 6.45) is 5.81. The molecule has 1 saturated carbocycles. The number of carbonyl (C=O) groups excluding carboxylic acids is 1. The molecule has 0 aromatic heterocycles. The largest absolute Gasteiger partial charge is 0.486 e. The number of hydrogen-bond donors (Lipinski definition) is 1. The summed E-state index contributed by atoms with van der Waals surface area (Å²) >= 11 is 0. The highest BCUT2D eigenvalue weighted by Crippen LogP contribution is 2.30. The Hall–Kier alpha value is -1.91. The number of carbonyl (C=O) groups is 1. The summed E-state index contributed by atoms with van der Waals surface area (Å²) in [7, 11) is 1.89. The zero-order valence-corrected chi connectivity index (χ0v) is 13.1. The molecular weight excluding hydrogens is 280 g/mol. The highest BCUT2D eigenvalue weighted by Gasteiger charge is 2.24. The second-order valence-corrected chi connectivity index (χ2v) is 6.09. The number of ether oxygens (including phenoxy) is 2. The number of nitrogens with zero attached hydrogens (tertiary/aromatic N) is 1. The molecule has 1 aromatic rings. The lowest BCUT2D eigenvalue weighted by molar-refractivity contribution is 0.0892. The Labute approximate surface area is 131 Å². The molecule has 1 unspecified atom stereocenters. The zero-order valence-electron chi connectivity index (χ0n) is 13.1. The summed E-state index contributed by atoms with van der Waals surface area (Å²) in [6, 6.07) is 7.97. The van der Waals surface area contributed by atoms with Crippen LogP contribution in [-0.4, -0.2) is 43.3 Å². The quantitative estimate of drug-likeness (QED) is 0.934. The minimum atomic E-state index is -0.140. The van der Waals surface area contributed by atoms with E-state index >= 15 is 0 Å². The zero-order chi connectivity index (χ0) is 15.4. The van der Waals surface area contributed by atoms with Gasteiger partial charge in [0.25, 0.3) is 0 Å². The third-order valence-electron chi connectivity index (χ3n) is 4.49. The van der Waals surface area contributed by atoms with Gasteiger partial charge in [-0.2, -0.15) is 0 Å². The Balaban J connectivity index is 1.47. The first kappa shape index (κ1) is 15.0. The van der Waals surface area contributed by atoms with Crippen molar-refractivity contribution in [1.29, 1.82) is 0 Å². The number of fused-ring (bicyclic) bond motifs is 1. The van der Waals surface area contributed by atoms with Gasteiger partial charge in [0.15, 0.2) is 17.6 Å². The van der Waals surface area contributed by atoms with Gasteiger partial charge in [0.2, 0.25) is 0 Å². The van der Waals surface area contributed by atoms with Crippen molar-refractivity contribution in [1.82, 2.24) is 10.2 Å². The van der Waals surface area contributed by atoms with Crippen LogP contribution in [0, 0.1) is 0 Å². The Bertz CT molecular complexity index is 514. The van der Waals surface area contributed by atoms with E-state index in [0.29, 0.717) is 19.2 Å². The summed E-state index contributed by atoms with van der Waals surface area (Å²) in [5.74, 6) is 1.51. The monoisotopic (exact) mass is 304 g/mol. The van der Waals surface area contributed by atoms with Gasteiger partial charge in [0.1, 0.15) is 6.61 Å². The molecule has 0 bridgehead atoms. The average Bonchev–Trinajstić information content (AvgIpc) is 2.59. The van der Waals surface area contributed by atoms with Gasteiger partial charge in [0, 0.05) is 13.1 Å². The van der Waals surface area contributed by atoms with Crippen molar-refractivity contribution in [2.75, 3.05) is 20.2 Å². The second-order valence-electron chi connectivity index (χ2n) is 6.09. The number of nitrogens with one attached hydrogen (secondary N) is 1. The molecule has 2 amide bonds. The summed E-state index contributed by atoms with van der Waals surface area (Å²) < 4.78 is 11.5. The predicted molar refractivity (Wildman–Crippen MR) is 84.4 cm³/mol. The summed E-state index contributed by atoms with van der Waals surface area (Å²) in [5.41, 5.74) is 0. The Morgan fingerprint density at radius 1 is 1.23 bits per heavy atom. The third-order valence-corrected chi connectivity index (χ3v) is 4.49. The van der Waals surface area contributed by atoms with Crippen LogP contribution in [0.2, 0.25) is 0 Å². The lowest BCUT2D eigenvalue weighted by Gasteiger charge is -2.32. The fourth-order valence-corrected chi connectivity index (χ4v) is 3.12. The standard InChI is InChI=1S/C17H24N2O3/c1-19(13-7-3-2-4-8-13)17(20)18-11-14-12-21-15-9-5-6-10-16(15)22-14/h5-6,9-10,13-14H,2-4,7-8,11-12H2,1H3,(H,18,20). The van der Waals surface area contributed by atoms with E-state index in [2.05, 4.69) is 5.32 Å². The highest BCUT2D eigenvalue weighted by molar-refractivity contribution is 5.74. The van der Waals surface area contributed by atoms with Crippen LogP contribution in [0.15, 0.2) is 24.3 Å². The first-order valence-corrected chi connectivity index (χ1v) is 8.13. The Kier molecular flexibility index (Phi) is 4.71. The molecule has 1 aliphatic heterocycles. The molecule has 5 heteroatoms. The smallest absolute Gasteiger partial charge is 0.317 e. The molecule has 5 nitrogen and oxygen atoms in total. The topological polar surface area (TPSA) is 50.8 Å². The van der Waals surface area contributed by atoms with Crippen LogP contribution < -0.4 is 14.8 Å². The number of benzene rings is 1. The fourth-order valence-electron chi connectivity index (χ4n) is 3.12. The molecule has 1 heterocycles. The number of para-hydroxylation sites is 2. The highest BCUT2D eigenvalue weighted by atomic mass is 16.6. The van der Waals surface area contributed by atoms with Crippen molar-refractivity contribution in [3.63, 3.8) is 0 Å². The van der Waals surface area contributed by atoms with Crippen molar-refractivity contribution < 1.29 is 14.3 Å². The van der Waals surface area contributed by atoms with Crippen LogP contribution in [0.3, 0.4) is 0 Å². The predicted octanol–water partition coefficient (Wildman–Crippen LogP) is 2.80. The van der Waals surface area contributed by atoms with Crippen LogP contribution in [0.5, 0.6) is 11.5 Å². The SMILES string of the molecule is CN(C(=O)NCC1COc2ccccc2O1)C1CCCCC1. The lowest BCUT2D eigenvalue weighted by atomic mass is 9.95. The maximum Gasteiger partial charge on any atom is 0.317 e. The van der Waals surface area contributed by atoms with Crippen molar-refractivity contribution in [2.24, 2.45) is 0 Å². The normalized spacial score (nSPS) is 21.2. The molecule has 1 aliphatic carbocycles. The van der Waals surface area contributed by atoms with E-state index in [1.807, 2.05) is 36.2 Å². The van der Waals surface area contributed by atoms with Gasteiger partial charge in [-0.3, -0.25) is 0 Å². The number of urea groups is 1. The number of rotatable bonds is 3. The van der Waals surface area contributed by atoms with Gasteiger partial charge in [-0.15, -0.1) is 0 Å². The number of hydrogen-bond acceptors (Lipinski definition) is 3. The van der Waals surface area contributed by atoms with Crippen molar-refractivity contribution in [3.8, 4) is 11.5 Å². The fraction of sp³-hybridized carbons (Fsp3) is 0.588. The minimum Gasteiger partial charge on any atom is -0.486 e. The molecule has 1 aromatic carbocycles. The van der Waals surface area contributed by atoms with Gasteiger partial charge < -0.3 is 19.7 Å². The van der Waals surface area contributed by atoms with E-state index in [4.69, 9.17) is 9.47 Å². The maximum atomic E-state index is 12.2. The maximum absolute atomic E-state index is 12.2. The molecule has 1 N–H and O–H groups in total. The molecule has 0 spiro atoms. The van der Waals surface area contributed by atoms with Crippen LogP contribution in [0.1, 0.15) is 32.1 Å². The number of amides is 2. The Morgan fingerprint density at radius 3 is 2.73 bits per heavy atom. The molecule has 0 radical (unpaired) electrons. The first-order chi connectivity index (χ1) is 10.7. The Morgan fingerprint density at radius 2 is 1.95 bits per heavy atom. The summed E-state index contributed by atoms with van der Waals surface area (Å²) in [6.45, 7) is 0.925.